The van der Waals surface area contributed by atoms with E-state index >= 15 is 0 Å². The molecule has 0 heterocycles. The molecule has 136 valence electrons. The van der Waals surface area contributed by atoms with Gasteiger partial charge in [-0.05, 0) is 38.7 Å². The van der Waals surface area contributed by atoms with Crippen LogP contribution in [0.25, 0.3) is 0 Å². The summed E-state index contributed by atoms with van der Waals surface area (Å²) in [4.78, 5) is 16.1. The molecule has 1 aromatic rings. The van der Waals surface area contributed by atoms with Crippen LogP contribution in [0.3, 0.4) is 0 Å². The van der Waals surface area contributed by atoms with Crippen molar-refractivity contribution in [3.63, 3.8) is 0 Å². The van der Waals surface area contributed by atoms with Gasteiger partial charge in [-0.1, -0.05) is 18.2 Å². The molecular formula is C17H29IN4OS. The molecule has 0 unspecified atom stereocenters. The van der Waals surface area contributed by atoms with E-state index < -0.39 is 0 Å². The molecule has 0 fully saturated rings. The molecule has 3 N–H and O–H groups in total. The molecule has 0 aliphatic heterocycles. The number of carbonyl (C=O) groups is 1. The van der Waals surface area contributed by atoms with E-state index in [2.05, 4.69) is 41.0 Å². The molecule has 0 radical (unpaired) electrons. The van der Waals surface area contributed by atoms with Crippen molar-refractivity contribution in [3.8, 4) is 0 Å². The van der Waals surface area contributed by atoms with E-state index in [0.717, 1.165) is 25.5 Å². The van der Waals surface area contributed by atoms with Gasteiger partial charge in [-0.3, -0.25) is 9.79 Å². The first-order valence-corrected chi connectivity index (χ1v) is 9.04. The first kappa shape index (κ1) is 23.0. The Balaban J connectivity index is 0.00000529. The molecule has 1 rings (SSSR count). The van der Waals surface area contributed by atoms with Crippen LogP contribution in [-0.2, 0) is 0 Å². The van der Waals surface area contributed by atoms with Gasteiger partial charge in [-0.25, -0.2) is 0 Å². The largest absolute Gasteiger partial charge is 0.356 e. The highest BCUT2D eigenvalue weighted by molar-refractivity contribution is 14.0. The van der Waals surface area contributed by atoms with Crippen LogP contribution in [-0.4, -0.2) is 49.6 Å². The van der Waals surface area contributed by atoms with Crippen LogP contribution in [0, 0.1) is 0 Å². The molecule has 1 amide bonds. The standard InChI is InChI=1S/C17H28N4OS.HI/c1-17(2,23-4)13-21-16(18-3)20-12-8-11-19-15(22)14-9-6-5-7-10-14;/h5-7,9-10H,8,11-13H2,1-4H3,(H,19,22)(H2,18,20,21);1H. The van der Waals surface area contributed by atoms with Crippen LogP contribution in [0.2, 0.25) is 0 Å². The van der Waals surface area contributed by atoms with Gasteiger partial charge in [0.15, 0.2) is 5.96 Å². The molecule has 0 aliphatic carbocycles. The smallest absolute Gasteiger partial charge is 0.251 e. The number of benzene rings is 1. The molecule has 5 nitrogen and oxygen atoms in total. The number of aliphatic imine (C=N–C) groups is 1. The molecule has 0 saturated carbocycles. The lowest BCUT2D eigenvalue weighted by molar-refractivity contribution is 0.0953. The van der Waals surface area contributed by atoms with Crippen molar-refractivity contribution < 1.29 is 4.79 Å². The van der Waals surface area contributed by atoms with Crippen molar-refractivity contribution in [2.45, 2.75) is 25.0 Å². The maximum absolute atomic E-state index is 11.9. The van der Waals surface area contributed by atoms with Gasteiger partial charge in [0.05, 0.1) is 0 Å². The molecule has 1 aromatic carbocycles. The predicted octanol–water partition coefficient (Wildman–Crippen LogP) is 2.73. The number of thioether (sulfide) groups is 1. The van der Waals surface area contributed by atoms with Gasteiger partial charge in [-0.15, -0.1) is 24.0 Å². The maximum Gasteiger partial charge on any atom is 0.251 e. The van der Waals surface area contributed by atoms with Gasteiger partial charge < -0.3 is 16.0 Å². The minimum absolute atomic E-state index is 0. The Bertz CT molecular complexity index is 509. The Morgan fingerprint density at radius 1 is 1.12 bits per heavy atom. The monoisotopic (exact) mass is 464 g/mol. The van der Waals surface area contributed by atoms with Crippen LogP contribution in [0.5, 0.6) is 0 Å². The van der Waals surface area contributed by atoms with Crippen molar-refractivity contribution in [1.29, 1.82) is 0 Å². The third kappa shape index (κ3) is 9.36. The first-order chi connectivity index (χ1) is 11.0. The lowest BCUT2D eigenvalue weighted by atomic mass is 10.2. The minimum Gasteiger partial charge on any atom is -0.356 e. The lowest BCUT2D eigenvalue weighted by Crippen LogP contribution is -2.43. The summed E-state index contributed by atoms with van der Waals surface area (Å²) in [7, 11) is 1.76. The predicted molar refractivity (Wildman–Crippen MR) is 116 cm³/mol. The van der Waals surface area contributed by atoms with Crippen molar-refractivity contribution >= 4 is 47.6 Å². The quantitative estimate of drug-likeness (QED) is 0.240. The average Bonchev–Trinajstić information content (AvgIpc) is 2.57. The fraction of sp³-hybridized carbons (Fsp3) is 0.529. The van der Waals surface area contributed by atoms with E-state index in [9.17, 15) is 4.79 Å². The normalized spacial score (nSPS) is 11.4. The molecule has 0 bridgehead atoms. The Morgan fingerprint density at radius 3 is 2.33 bits per heavy atom. The van der Waals surface area contributed by atoms with Gasteiger partial charge in [0.2, 0.25) is 0 Å². The van der Waals surface area contributed by atoms with E-state index in [1.54, 1.807) is 7.05 Å². The first-order valence-electron chi connectivity index (χ1n) is 7.81. The number of hydrogen-bond acceptors (Lipinski definition) is 3. The summed E-state index contributed by atoms with van der Waals surface area (Å²) in [5.74, 6) is 0.760. The number of halogens is 1. The summed E-state index contributed by atoms with van der Waals surface area (Å²) in [6.45, 7) is 6.62. The number of amides is 1. The SMILES string of the molecule is CN=C(NCCCNC(=O)c1ccccc1)NCC(C)(C)SC.I. The molecular weight excluding hydrogens is 435 g/mol. The molecule has 0 atom stereocenters. The van der Waals surface area contributed by atoms with E-state index in [4.69, 9.17) is 0 Å². The Labute approximate surface area is 166 Å². The van der Waals surface area contributed by atoms with Gasteiger partial charge >= 0.3 is 0 Å². The summed E-state index contributed by atoms with van der Waals surface area (Å²) in [5.41, 5.74) is 0.692. The van der Waals surface area contributed by atoms with Crippen LogP contribution in [0.1, 0.15) is 30.6 Å². The van der Waals surface area contributed by atoms with E-state index in [0.29, 0.717) is 12.1 Å². The zero-order valence-corrected chi connectivity index (χ0v) is 18.0. The summed E-state index contributed by atoms with van der Waals surface area (Å²) < 4.78 is 0.168. The molecule has 7 heteroatoms. The third-order valence-electron chi connectivity index (χ3n) is 3.43. The molecule has 24 heavy (non-hydrogen) atoms. The van der Waals surface area contributed by atoms with Crippen molar-refractivity contribution in [1.82, 2.24) is 16.0 Å². The average molecular weight is 464 g/mol. The molecule has 0 aliphatic rings. The Hall–Kier alpha value is -0.960. The van der Waals surface area contributed by atoms with Crippen molar-refractivity contribution in [2.75, 3.05) is 32.9 Å². The van der Waals surface area contributed by atoms with Crippen LogP contribution in [0.4, 0.5) is 0 Å². The number of guanidine groups is 1. The number of rotatable bonds is 8. The molecule has 0 spiro atoms. The number of nitrogens with zero attached hydrogens (tertiary/aromatic N) is 1. The van der Waals surface area contributed by atoms with Crippen molar-refractivity contribution in [2.24, 2.45) is 4.99 Å². The highest BCUT2D eigenvalue weighted by Crippen LogP contribution is 2.19. The van der Waals surface area contributed by atoms with Gasteiger partial charge in [0.25, 0.3) is 5.91 Å². The Morgan fingerprint density at radius 2 is 1.75 bits per heavy atom. The van der Waals surface area contributed by atoms with E-state index in [1.165, 1.54) is 0 Å². The van der Waals surface area contributed by atoms with Gasteiger partial charge in [-0.2, -0.15) is 11.8 Å². The van der Waals surface area contributed by atoms with E-state index in [1.807, 2.05) is 42.1 Å². The summed E-state index contributed by atoms with van der Waals surface area (Å²) in [6.07, 6.45) is 2.94. The minimum atomic E-state index is -0.0326. The highest BCUT2D eigenvalue weighted by atomic mass is 127. The fourth-order valence-electron chi connectivity index (χ4n) is 1.78. The summed E-state index contributed by atoms with van der Waals surface area (Å²) in [5, 5.41) is 9.49. The van der Waals surface area contributed by atoms with Gasteiger partial charge in [0, 0.05) is 37.0 Å². The molecule has 0 aromatic heterocycles. The number of carbonyl (C=O) groups excluding carboxylic acids is 1. The zero-order chi connectivity index (χ0) is 17.1. The topological polar surface area (TPSA) is 65.5 Å². The fourth-order valence-corrected chi connectivity index (χ4v) is 1.99. The van der Waals surface area contributed by atoms with Crippen LogP contribution < -0.4 is 16.0 Å². The lowest BCUT2D eigenvalue weighted by Gasteiger charge is -2.23. The van der Waals surface area contributed by atoms with Crippen LogP contribution in [0.15, 0.2) is 35.3 Å². The Kier molecular flexibility index (Phi) is 11.9. The van der Waals surface area contributed by atoms with Crippen molar-refractivity contribution in [3.05, 3.63) is 35.9 Å². The third-order valence-corrected chi connectivity index (χ3v) is 4.67. The second-order valence-electron chi connectivity index (χ2n) is 5.79. The number of hydrogen-bond donors (Lipinski definition) is 3. The summed E-state index contributed by atoms with van der Waals surface area (Å²) >= 11 is 1.82. The van der Waals surface area contributed by atoms with Crippen LogP contribution >= 0.6 is 35.7 Å². The molecule has 0 saturated heterocycles. The summed E-state index contributed by atoms with van der Waals surface area (Å²) in [6, 6.07) is 9.25. The van der Waals surface area contributed by atoms with E-state index in [-0.39, 0.29) is 34.6 Å². The second kappa shape index (κ2) is 12.4. The van der Waals surface area contributed by atoms with Gasteiger partial charge in [0.1, 0.15) is 0 Å². The number of nitrogens with one attached hydrogen (secondary N) is 3. The zero-order valence-electron chi connectivity index (χ0n) is 14.9. The maximum atomic E-state index is 11.9. The second-order valence-corrected chi connectivity index (χ2v) is 7.31. The highest BCUT2D eigenvalue weighted by Gasteiger charge is 2.15.